The van der Waals surface area contributed by atoms with Crippen LogP contribution in [0.2, 0.25) is 0 Å². The molecule has 7 nitrogen and oxygen atoms in total. The van der Waals surface area contributed by atoms with Crippen molar-refractivity contribution in [3.05, 3.63) is 53.2 Å². The van der Waals surface area contributed by atoms with E-state index < -0.39 is 17.9 Å². The van der Waals surface area contributed by atoms with Crippen molar-refractivity contribution in [2.45, 2.75) is 75.0 Å². The van der Waals surface area contributed by atoms with E-state index in [-0.39, 0.29) is 16.9 Å². The van der Waals surface area contributed by atoms with Gasteiger partial charge in [-0.3, -0.25) is 4.90 Å². The number of halogens is 4. The summed E-state index contributed by atoms with van der Waals surface area (Å²) in [5.41, 5.74) is 1.44. The highest BCUT2D eigenvalue weighted by molar-refractivity contribution is 5.97. The third-order valence-corrected chi connectivity index (χ3v) is 10.3. The van der Waals surface area contributed by atoms with Gasteiger partial charge in [-0.25, -0.2) is 4.39 Å². The van der Waals surface area contributed by atoms with Crippen molar-refractivity contribution < 1.29 is 22.3 Å². The van der Waals surface area contributed by atoms with Crippen molar-refractivity contribution >= 4 is 22.3 Å². The fourth-order valence-corrected chi connectivity index (χ4v) is 8.36. The molecule has 228 valence electrons. The molecule has 4 atom stereocenters. The van der Waals surface area contributed by atoms with Crippen LogP contribution in [0.15, 0.2) is 36.4 Å². The fourth-order valence-electron chi connectivity index (χ4n) is 8.36. The molecule has 8 rings (SSSR count). The molecule has 0 spiro atoms. The van der Waals surface area contributed by atoms with Crippen LogP contribution in [0.4, 0.5) is 29.1 Å². The van der Waals surface area contributed by atoms with E-state index in [1.165, 1.54) is 6.07 Å². The average Bonchev–Trinajstić information content (AvgIpc) is 3.64. The predicted octanol–water partition coefficient (Wildman–Crippen LogP) is 5.11. The number of nitrogens with one attached hydrogen (secondary N) is 1. The van der Waals surface area contributed by atoms with Gasteiger partial charge in [-0.05, 0) is 56.2 Å². The Morgan fingerprint density at radius 3 is 2.56 bits per heavy atom. The molecule has 0 aliphatic carbocycles. The van der Waals surface area contributed by atoms with Crippen LogP contribution in [0.25, 0.3) is 10.8 Å². The maximum absolute atomic E-state index is 14.4. The van der Waals surface area contributed by atoms with Gasteiger partial charge in [0.25, 0.3) is 0 Å². The summed E-state index contributed by atoms with van der Waals surface area (Å²) in [5.74, 6) is 0.877. The van der Waals surface area contributed by atoms with Crippen molar-refractivity contribution in [1.82, 2.24) is 20.2 Å². The number of nitrogens with zero attached hydrogens (tertiary/aromatic N) is 5. The van der Waals surface area contributed by atoms with Crippen molar-refractivity contribution in [1.29, 1.82) is 0 Å². The molecule has 3 aromatic rings. The van der Waals surface area contributed by atoms with Gasteiger partial charge in [0, 0.05) is 61.3 Å². The number of benzene rings is 2. The summed E-state index contributed by atoms with van der Waals surface area (Å²) in [7, 11) is 0. The standard InChI is InChI=1S/C32H36F4N6O/c33-21-14-31(11-3-12-42(31)15-21)19-43-30-38-26-18-40(27-7-2-5-20-4-1-6-25(28(20)27)32(34,35)36)13-10-24(26)29(39-30)41-16-22-8-9-23(17-41)37-22/h1-2,4-7,21-23,37H,3,8-19H2/t21?,22-,23+,31?. The first-order chi connectivity index (χ1) is 20.8. The van der Waals surface area contributed by atoms with Crippen molar-refractivity contribution in [3.63, 3.8) is 0 Å². The zero-order valence-corrected chi connectivity index (χ0v) is 24.0. The lowest BCUT2D eigenvalue weighted by Gasteiger charge is -2.38. The number of fused-ring (bicyclic) bond motifs is 5. The predicted molar refractivity (Wildman–Crippen MR) is 156 cm³/mol. The van der Waals surface area contributed by atoms with Gasteiger partial charge in [0.2, 0.25) is 0 Å². The SMILES string of the molecule is FC1CN2CCCC2(COc2nc3c(c(N4C[C@H]5CC[C@@H](C4)N5)n2)CCN(c2cccc4cccc(C(F)(F)F)c24)C3)C1. The second-order valence-electron chi connectivity index (χ2n) is 13.0. The quantitative estimate of drug-likeness (QED) is 0.411. The molecule has 2 unspecified atom stereocenters. The molecule has 2 aromatic carbocycles. The molecule has 0 amide bonds. The average molecular weight is 597 g/mol. The van der Waals surface area contributed by atoms with E-state index in [4.69, 9.17) is 14.7 Å². The van der Waals surface area contributed by atoms with Gasteiger partial charge in [0.05, 0.1) is 23.3 Å². The summed E-state index contributed by atoms with van der Waals surface area (Å²) in [6, 6.07) is 10.8. The lowest BCUT2D eigenvalue weighted by molar-refractivity contribution is -0.136. The van der Waals surface area contributed by atoms with E-state index >= 15 is 0 Å². The van der Waals surface area contributed by atoms with E-state index in [2.05, 4.69) is 15.1 Å². The first-order valence-corrected chi connectivity index (χ1v) is 15.5. The van der Waals surface area contributed by atoms with Gasteiger partial charge < -0.3 is 19.9 Å². The lowest BCUT2D eigenvalue weighted by Crippen LogP contribution is -2.52. The highest BCUT2D eigenvalue weighted by atomic mass is 19.4. The molecule has 4 saturated heterocycles. The second kappa shape index (κ2) is 10.2. The Morgan fingerprint density at radius 2 is 1.77 bits per heavy atom. The molecule has 11 heteroatoms. The maximum Gasteiger partial charge on any atom is 0.417 e. The first-order valence-electron chi connectivity index (χ1n) is 15.5. The Kier molecular flexibility index (Phi) is 6.49. The molecule has 0 saturated carbocycles. The summed E-state index contributed by atoms with van der Waals surface area (Å²) in [6.07, 6.45) is -0.0467. The Balaban J connectivity index is 1.15. The molecule has 2 bridgehead atoms. The van der Waals surface area contributed by atoms with Crippen molar-refractivity contribution in [3.8, 4) is 6.01 Å². The number of hydrogen-bond donors (Lipinski definition) is 1. The molecular formula is C32H36F4N6O. The molecule has 43 heavy (non-hydrogen) atoms. The fraction of sp³-hybridized carbons (Fsp3) is 0.562. The maximum atomic E-state index is 14.4. The zero-order valence-electron chi connectivity index (χ0n) is 24.0. The highest BCUT2D eigenvalue weighted by Crippen LogP contribution is 2.43. The van der Waals surface area contributed by atoms with E-state index in [0.717, 1.165) is 68.5 Å². The topological polar surface area (TPSA) is 56.8 Å². The van der Waals surface area contributed by atoms with Crippen LogP contribution in [0, 0.1) is 0 Å². The van der Waals surface area contributed by atoms with Gasteiger partial charge in [-0.15, -0.1) is 0 Å². The zero-order chi connectivity index (χ0) is 29.3. The number of piperazine rings is 1. The Bertz CT molecular complexity index is 1530. The smallest absolute Gasteiger partial charge is 0.417 e. The highest BCUT2D eigenvalue weighted by Gasteiger charge is 2.49. The van der Waals surface area contributed by atoms with Crippen LogP contribution < -0.4 is 19.9 Å². The van der Waals surface area contributed by atoms with E-state index in [1.807, 2.05) is 11.0 Å². The van der Waals surface area contributed by atoms with Gasteiger partial charge in [0.15, 0.2) is 0 Å². The second-order valence-corrected chi connectivity index (χ2v) is 13.0. The van der Waals surface area contributed by atoms with Crippen LogP contribution in [-0.2, 0) is 19.1 Å². The van der Waals surface area contributed by atoms with E-state index in [0.29, 0.717) is 62.2 Å². The number of alkyl halides is 4. The van der Waals surface area contributed by atoms with E-state index in [1.54, 1.807) is 18.2 Å². The molecule has 6 heterocycles. The van der Waals surface area contributed by atoms with Crippen LogP contribution in [0.5, 0.6) is 6.01 Å². The van der Waals surface area contributed by atoms with Crippen LogP contribution in [-0.4, -0.2) is 78.0 Å². The number of anilines is 2. The normalized spacial score (nSPS) is 28.9. The van der Waals surface area contributed by atoms with Crippen LogP contribution in [0.1, 0.15) is 48.9 Å². The first kappa shape index (κ1) is 27.4. The summed E-state index contributed by atoms with van der Waals surface area (Å²) in [4.78, 5) is 16.4. The number of ether oxygens (including phenoxy) is 1. The third kappa shape index (κ3) is 4.79. The van der Waals surface area contributed by atoms with E-state index in [9.17, 15) is 17.6 Å². The largest absolute Gasteiger partial charge is 0.461 e. The van der Waals surface area contributed by atoms with Gasteiger partial charge in [-0.1, -0.05) is 24.3 Å². The van der Waals surface area contributed by atoms with Crippen LogP contribution >= 0.6 is 0 Å². The minimum absolute atomic E-state index is 0.216. The summed E-state index contributed by atoms with van der Waals surface area (Å²) in [5, 5.41) is 4.46. The molecule has 1 N–H and O–H groups in total. The number of hydrogen-bond acceptors (Lipinski definition) is 7. The minimum Gasteiger partial charge on any atom is -0.461 e. The molecule has 0 radical (unpaired) electrons. The lowest BCUT2D eigenvalue weighted by atomic mass is 9.95. The van der Waals surface area contributed by atoms with Gasteiger partial charge >= 0.3 is 12.2 Å². The molecule has 5 aliphatic heterocycles. The molecular weight excluding hydrogens is 560 g/mol. The van der Waals surface area contributed by atoms with Crippen LogP contribution in [0.3, 0.4) is 0 Å². The summed E-state index contributed by atoms with van der Waals surface area (Å²) < 4.78 is 63.1. The molecule has 5 aliphatic rings. The van der Waals surface area contributed by atoms with Crippen molar-refractivity contribution in [2.75, 3.05) is 49.1 Å². The third-order valence-electron chi connectivity index (χ3n) is 10.3. The van der Waals surface area contributed by atoms with Crippen molar-refractivity contribution in [2.24, 2.45) is 0 Å². The summed E-state index contributed by atoms with van der Waals surface area (Å²) in [6.45, 7) is 4.28. The molecule has 1 aromatic heterocycles. The Hall–Kier alpha value is -3.18. The minimum atomic E-state index is -4.46. The van der Waals surface area contributed by atoms with Gasteiger partial charge in [0.1, 0.15) is 18.6 Å². The molecule has 4 fully saturated rings. The Morgan fingerprint density at radius 1 is 0.977 bits per heavy atom. The van der Waals surface area contributed by atoms with Gasteiger partial charge in [-0.2, -0.15) is 23.1 Å². The summed E-state index contributed by atoms with van der Waals surface area (Å²) >= 11 is 0. The monoisotopic (exact) mass is 596 g/mol. The Labute approximate surface area is 248 Å². The number of aromatic nitrogens is 2. The number of rotatable bonds is 5.